The van der Waals surface area contributed by atoms with Gasteiger partial charge in [-0.25, -0.2) is 8.78 Å². The van der Waals surface area contributed by atoms with E-state index in [2.05, 4.69) is 26.2 Å². The molecule has 1 aromatic heterocycles. The van der Waals surface area contributed by atoms with Crippen LogP contribution in [-0.4, -0.2) is 4.98 Å². The lowest BCUT2D eigenvalue weighted by Crippen LogP contribution is -1.99. The van der Waals surface area contributed by atoms with E-state index in [9.17, 15) is 8.78 Å². The third-order valence-corrected chi connectivity index (χ3v) is 3.54. The Morgan fingerprint density at radius 1 is 1.05 bits per heavy atom. The maximum Gasteiger partial charge on any atom is 0.160 e. The number of pyridine rings is 1. The van der Waals surface area contributed by atoms with Gasteiger partial charge in [0.1, 0.15) is 0 Å². The molecule has 0 fully saturated rings. The Labute approximate surface area is 127 Å². The van der Waals surface area contributed by atoms with Crippen LogP contribution in [-0.2, 0) is 0 Å². The first-order chi connectivity index (χ1) is 10.0. The van der Waals surface area contributed by atoms with E-state index < -0.39 is 11.6 Å². The number of benzene rings is 2. The van der Waals surface area contributed by atoms with Crippen molar-refractivity contribution >= 4 is 43.9 Å². The number of nitrogens with one attached hydrogen (secondary N) is 1. The van der Waals surface area contributed by atoms with Crippen molar-refractivity contribution in [2.45, 2.75) is 0 Å². The summed E-state index contributed by atoms with van der Waals surface area (Å²) in [5, 5.41) is 3.80. The predicted molar refractivity (Wildman–Crippen MR) is 83.5 cm³/mol. The predicted octanol–water partition coefficient (Wildman–Crippen LogP) is 4.60. The number of nitrogen functional groups attached to an aromatic ring is 1. The minimum atomic E-state index is -0.918. The van der Waals surface area contributed by atoms with Crippen LogP contribution in [0.25, 0.3) is 10.9 Å². The molecule has 3 N–H and O–H groups in total. The molecule has 0 bridgehead atoms. The molecule has 0 aliphatic rings. The van der Waals surface area contributed by atoms with Gasteiger partial charge in [0.15, 0.2) is 11.6 Å². The Balaban J connectivity index is 2.12. The lowest BCUT2D eigenvalue weighted by atomic mass is 10.1. The van der Waals surface area contributed by atoms with Gasteiger partial charge in [0, 0.05) is 21.6 Å². The van der Waals surface area contributed by atoms with Gasteiger partial charge in [0.05, 0.1) is 23.1 Å². The van der Waals surface area contributed by atoms with Crippen LogP contribution in [0.3, 0.4) is 0 Å². The summed E-state index contributed by atoms with van der Waals surface area (Å²) < 4.78 is 27.1. The number of aromatic nitrogens is 1. The van der Waals surface area contributed by atoms with Crippen LogP contribution in [0.1, 0.15) is 0 Å². The van der Waals surface area contributed by atoms with E-state index >= 15 is 0 Å². The molecule has 0 saturated carbocycles. The summed E-state index contributed by atoms with van der Waals surface area (Å²) >= 11 is 3.39. The second-order valence-electron chi connectivity index (χ2n) is 4.50. The van der Waals surface area contributed by atoms with E-state index in [0.717, 1.165) is 27.5 Å². The van der Waals surface area contributed by atoms with Crippen molar-refractivity contribution in [3.63, 3.8) is 0 Å². The molecular formula is C15H10BrF2N3. The first-order valence-electron chi connectivity index (χ1n) is 6.10. The van der Waals surface area contributed by atoms with E-state index in [4.69, 9.17) is 5.73 Å². The van der Waals surface area contributed by atoms with Crippen molar-refractivity contribution in [3.8, 4) is 0 Å². The Bertz CT molecular complexity index is 831. The van der Waals surface area contributed by atoms with Crippen molar-refractivity contribution in [1.82, 2.24) is 4.98 Å². The SMILES string of the molecule is Nc1cnc2ccc(Br)cc2c1Nc1ccc(F)c(F)c1. The van der Waals surface area contributed by atoms with Crippen LogP contribution in [0.15, 0.2) is 47.1 Å². The van der Waals surface area contributed by atoms with Gasteiger partial charge in [-0.05, 0) is 30.3 Å². The van der Waals surface area contributed by atoms with Crippen LogP contribution in [0.2, 0.25) is 0 Å². The van der Waals surface area contributed by atoms with E-state index in [1.165, 1.54) is 12.3 Å². The summed E-state index contributed by atoms with van der Waals surface area (Å²) in [6.07, 6.45) is 1.53. The van der Waals surface area contributed by atoms with Gasteiger partial charge < -0.3 is 11.1 Å². The highest BCUT2D eigenvalue weighted by Gasteiger charge is 2.09. The minimum Gasteiger partial charge on any atom is -0.396 e. The molecule has 3 aromatic rings. The normalized spacial score (nSPS) is 10.8. The highest BCUT2D eigenvalue weighted by Crippen LogP contribution is 2.32. The molecular weight excluding hydrogens is 340 g/mol. The number of fused-ring (bicyclic) bond motifs is 1. The Morgan fingerprint density at radius 3 is 2.62 bits per heavy atom. The van der Waals surface area contributed by atoms with Crippen LogP contribution >= 0.6 is 15.9 Å². The highest BCUT2D eigenvalue weighted by atomic mass is 79.9. The van der Waals surface area contributed by atoms with Crippen molar-refractivity contribution in [3.05, 3.63) is 58.7 Å². The Morgan fingerprint density at radius 2 is 1.86 bits per heavy atom. The average Bonchev–Trinajstić information content (AvgIpc) is 2.46. The number of anilines is 3. The molecule has 0 spiro atoms. The van der Waals surface area contributed by atoms with Crippen LogP contribution < -0.4 is 11.1 Å². The van der Waals surface area contributed by atoms with Gasteiger partial charge in [-0.2, -0.15) is 0 Å². The van der Waals surface area contributed by atoms with E-state index in [-0.39, 0.29) is 0 Å². The highest BCUT2D eigenvalue weighted by molar-refractivity contribution is 9.10. The van der Waals surface area contributed by atoms with Crippen molar-refractivity contribution < 1.29 is 8.78 Å². The molecule has 0 aliphatic carbocycles. The van der Waals surface area contributed by atoms with Gasteiger partial charge in [-0.1, -0.05) is 15.9 Å². The van der Waals surface area contributed by atoms with Crippen molar-refractivity contribution in [2.24, 2.45) is 0 Å². The summed E-state index contributed by atoms with van der Waals surface area (Å²) in [6, 6.07) is 9.16. The van der Waals surface area contributed by atoms with E-state index in [1.54, 1.807) is 0 Å². The molecule has 3 rings (SSSR count). The fourth-order valence-electron chi connectivity index (χ4n) is 2.04. The summed E-state index contributed by atoms with van der Waals surface area (Å²) in [4.78, 5) is 4.24. The number of halogens is 3. The molecule has 0 radical (unpaired) electrons. The second kappa shape index (κ2) is 5.29. The summed E-state index contributed by atoms with van der Waals surface area (Å²) in [5.74, 6) is -1.81. The quantitative estimate of drug-likeness (QED) is 0.710. The Kier molecular flexibility index (Phi) is 3.47. The summed E-state index contributed by atoms with van der Waals surface area (Å²) in [7, 11) is 0. The van der Waals surface area contributed by atoms with Gasteiger partial charge in [-0.3, -0.25) is 4.98 Å². The number of hydrogen-bond acceptors (Lipinski definition) is 3. The zero-order valence-corrected chi connectivity index (χ0v) is 12.3. The minimum absolute atomic E-state index is 0.410. The third-order valence-electron chi connectivity index (χ3n) is 3.05. The molecule has 1 heterocycles. The number of nitrogens with zero attached hydrogens (tertiary/aromatic N) is 1. The molecule has 21 heavy (non-hydrogen) atoms. The van der Waals surface area contributed by atoms with E-state index in [0.29, 0.717) is 17.1 Å². The van der Waals surface area contributed by atoms with Crippen LogP contribution in [0.5, 0.6) is 0 Å². The van der Waals surface area contributed by atoms with Crippen molar-refractivity contribution in [1.29, 1.82) is 0 Å². The zero-order chi connectivity index (χ0) is 15.0. The number of hydrogen-bond donors (Lipinski definition) is 2. The Hall–Kier alpha value is -2.21. The molecule has 3 nitrogen and oxygen atoms in total. The van der Waals surface area contributed by atoms with Crippen LogP contribution in [0.4, 0.5) is 25.8 Å². The molecule has 106 valence electrons. The smallest absolute Gasteiger partial charge is 0.160 e. The topological polar surface area (TPSA) is 50.9 Å². The molecule has 0 unspecified atom stereocenters. The van der Waals surface area contributed by atoms with Gasteiger partial charge in [-0.15, -0.1) is 0 Å². The number of rotatable bonds is 2. The lowest BCUT2D eigenvalue weighted by Gasteiger charge is -2.12. The molecule has 0 aliphatic heterocycles. The summed E-state index contributed by atoms with van der Waals surface area (Å²) in [5.41, 5.74) is 8.13. The zero-order valence-electron chi connectivity index (χ0n) is 10.7. The monoisotopic (exact) mass is 349 g/mol. The lowest BCUT2D eigenvalue weighted by molar-refractivity contribution is 0.509. The van der Waals surface area contributed by atoms with Crippen LogP contribution in [0, 0.1) is 11.6 Å². The average molecular weight is 350 g/mol. The van der Waals surface area contributed by atoms with Crippen molar-refractivity contribution in [2.75, 3.05) is 11.1 Å². The van der Waals surface area contributed by atoms with Gasteiger partial charge in [0.2, 0.25) is 0 Å². The first-order valence-corrected chi connectivity index (χ1v) is 6.90. The first kappa shape index (κ1) is 13.8. The maximum atomic E-state index is 13.3. The van der Waals surface area contributed by atoms with E-state index in [1.807, 2.05) is 18.2 Å². The molecule has 0 saturated heterocycles. The molecule has 0 atom stereocenters. The standard InChI is InChI=1S/C15H10BrF2N3/c16-8-1-4-14-10(5-8)15(13(19)7-20-14)21-9-2-3-11(17)12(18)6-9/h1-7H,19H2,(H,20,21). The van der Waals surface area contributed by atoms with Gasteiger partial charge in [0.25, 0.3) is 0 Å². The van der Waals surface area contributed by atoms with Gasteiger partial charge >= 0.3 is 0 Å². The molecule has 0 amide bonds. The fraction of sp³-hybridized carbons (Fsp3) is 0. The fourth-order valence-corrected chi connectivity index (χ4v) is 2.40. The molecule has 2 aromatic carbocycles. The number of nitrogens with two attached hydrogens (primary N) is 1. The maximum absolute atomic E-state index is 13.3. The molecule has 6 heteroatoms. The largest absolute Gasteiger partial charge is 0.396 e. The second-order valence-corrected chi connectivity index (χ2v) is 5.42. The third kappa shape index (κ3) is 2.67. The summed E-state index contributed by atoms with van der Waals surface area (Å²) in [6.45, 7) is 0.